The van der Waals surface area contributed by atoms with E-state index in [4.69, 9.17) is 14.2 Å². The number of hydrogen-bond acceptors (Lipinski definition) is 6. The quantitative estimate of drug-likeness (QED) is 0.679. The highest BCUT2D eigenvalue weighted by molar-refractivity contribution is 5.97. The minimum atomic E-state index is -0.296. The first-order valence-corrected chi connectivity index (χ1v) is 9.34. The third-order valence-electron chi connectivity index (χ3n) is 4.87. The maximum atomic E-state index is 12.9. The van der Waals surface area contributed by atoms with Crippen molar-refractivity contribution in [3.05, 3.63) is 53.6 Å². The molecule has 0 spiro atoms. The first-order chi connectivity index (χ1) is 13.6. The van der Waals surface area contributed by atoms with Crippen molar-refractivity contribution >= 4 is 5.91 Å². The summed E-state index contributed by atoms with van der Waals surface area (Å²) in [5, 5.41) is 3.07. The molecule has 2 aromatic rings. The summed E-state index contributed by atoms with van der Waals surface area (Å²) in [7, 11) is 3.22. The molecule has 7 nitrogen and oxygen atoms in total. The van der Waals surface area contributed by atoms with E-state index in [0.717, 1.165) is 5.56 Å². The Hall–Kier alpha value is -2.77. The number of hydrogen-bond donors (Lipinski definition) is 3. The summed E-state index contributed by atoms with van der Waals surface area (Å²) < 4.78 is 16.3. The zero-order valence-corrected chi connectivity index (χ0v) is 16.6. The van der Waals surface area contributed by atoms with Gasteiger partial charge in [-0.25, -0.2) is 5.43 Å². The Labute approximate surface area is 165 Å². The smallest absolute Gasteiger partial charge is 0.256 e. The van der Waals surface area contributed by atoms with Crippen molar-refractivity contribution in [3.8, 4) is 17.2 Å². The minimum absolute atomic E-state index is 0.00279. The highest BCUT2D eigenvalue weighted by Crippen LogP contribution is 2.34. The monoisotopic (exact) mass is 385 g/mol. The third kappa shape index (κ3) is 4.05. The van der Waals surface area contributed by atoms with E-state index in [-0.39, 0.29) is 24.0 Å². The Morgan fingerprint density at radius 3 is 2.50 bits per heavy atom. The first kappa shape index (κ1) is 20.0. The van der Waals surface area contributed by atoms with Gasteiger partial charge in [-0.15, -0.1) is 0 Å². The van der Waals surface area contributed by atoms with Gasteiger partial charge in [-0.2, -0.15) is 0 Å². The van der Waals surface area contributed by atoms with Crippen LogP contribution in [0, 0.1) is 0 Å². The standard InChI is InChI=1S/C21H27N3O4/c1-5-28-16-9-7-6-8-15(16)21(25)22-20-19(13(2)23-24-20)14-10-11-17(26-3)18(12-14)27-4/h6-13,19-20,23-24H,5H2,1-4H3,(H,22,25). The molecule has 1 fully saturated rings. The Morgan fingerprint density at radius 2 is 1.79 bits per heavy atom. The predicted octanol–water partition coefficient (Wildman–Crippen LogP) is 2.44. The zero-order valence-electron chi connectivity index (χ0n) is 16.6. The zero-order chi connectivity index (χ0) is 20.1. The molecule has 0 radical (unpaired) electrons. The van der Waals surface area contributed by atoms with Crippen molar-refractivity contribution in [3.63, 3.8) is 0 Å². The van der Waals surface area contributed by atoms with Crippen LogP contribution in [0.5, 0.6) is 17.2 Å². The molecule has 0 aromatic heterocycles. The largest absolute Gasteiger partial charge is 0.493 e. The van der Waals surface area contributed by atoms with Crippen LogP contribution in [0.3, 0.4) is 0 Å². The molecule has 3 atom stereocenters. The van der Waals surface area contributed by atoms with Crippen LogP contribution in [0.25, 0.3) is 0 Å². The van der Waals surface area contributed by atoms with Crippen LogP contribution < -0.4 is 30.4 Å². The van der Waals surface area contributed by atoms with Gasteiger partial charge in [0.25, 0.3) is 5.91 Å². The van der Waals surface area contributed by atoms with Crippen molar-refractivity contribution in [1.29, 1.82) is 0 Å². The molecule has 150 valence electrons. The number of methoxy groups -OCH3 is 2. The topological polar surface area (TPSA) is 80.9 Å². The van der Waals surface area contributed by atoms with Crippen LogP contribution in [0.1, 0.15) is 35.7 Å². The number of nitrogens with one attached hydrogen (secondary N) is 3. The molecule has 1 heterocycles. The lowest BCUT2D eigenvalue weighted by Gasteiger charge is -2.23. The lowest BCUT2D eigenvalue weighted by molar-refractivity contribution is 0.0924. The third-order valence-corrected chi connectivity index (χ3v) is 4.87. The molecule has 3 unspecified atom stereocenters. The van der Waals surface area contributed by atoms with Gasteiger partial charge in [-0.05, 0) is 43.7 Å². The highest BCUT2D eigenvalue weighted by Gasteiger charge is 2.36. The number of amides is 1. The first-order valence-electron chi connectivity index (χ1n) is 9.34. The molecule has 1 amide bonds. The molecule has 3 rings (SSSR count). The maximum absolute atomic E-state index is 12.9. The SMILES string of the molecule is CCOc1ccccc1C(=O)NC1NNC(C)C1c1ccc(OC)c(OC)c1. The number of carbonyl (C=O) groups is 1. The molecule has 28 heavy (non-hydrogen) atoms. The summed E-state index contributed by atoms with van der Waals surface area (Å²) in [6.45, 7) is 4.46. The molecular formula is C21H27N3O4. The number of carbonyl (C=O) groups excluding carboxylic acids is 1. The van der Waals surface area contributed by atoms with Crippen LogP contribution in [-0.2, 0) is 0 Å². The normalized spacial score (nSPS) is 21.2. The Bertz CT molecular complexity index is 827. The molecule has 2 aromatic carbocycles. The minimum Gasteiger partial charge on any atom is -0.493 e. The molecule has 7 heteroatoms. The fourth-order valence-corrected chi connectivity index (χ4v) is 3.51. The predicted molar refractivity (Wildman–Crippen MR) is 107 cm³/mol. The Morgan fingerprint density at radius 1 is 1.04 bits per heavy atom. The van der Waals surface area contributed by atoms with Crippen molar-refractivity contribution in [1.82, 2.24) is 16.2 Å². The van der Waals surface area contributed by atoms with E-state index in [9.17, 15) is 4.79 Å². The van der Waals surface area contributed by atoms with E-state index in [0.29, 0.717) is 29.4 Å². The molecule has 0 aliphatic carbocycles. The van der Waals surface area contributed by atoms with Gasteiger partial charge in [0.1, 0.15) is 11.9 Å². The molecule has 0 saturated carbocycles. The molecule has 1 saturated heterocycles. The van der Waals surface area contributed by atoms with Crippen molar-refractivity contribution in [2.45, 2.75) is 32.0 Å². The number of benzene rings is 2. The van der Waals surface area contributed by atoms with Gasteiger partial charge in [0.15, 0.2) is 11.5 Å². The van der Waals surface area contributed by atoms with Gasteiger partial charge in [0.05, 0.1) is 26.4 Å². The second-order valence-electron chi connectivity index (χ2n) is 6.60. The summed E-state index contributed by atoms with van der Waals surface area (Å²) in [5.41, 5.74) is 7.94. The summed E-state index contributed by atoms with van der Waals surface area (Å²) in [5.74, 6) is 1.71. The fourth-order valence-electron chi connectivity index (χ4n) is 3.51. The van der Waals surface area contributed by atoms with Gasteiger partial charge in [-0.1, -0.05) is 18.2 Å². The van der Waals surface area contributed by atoms with Gasteiger partial charge in [0.2, 0.25) is 0 Å². The van der Waals surface area contributed by atoms with Gasteiger partial charge >= 0.3 is 0 Å². The Balaban J connectivity index is 1.83. The van der Waals surface area contributed by atoms with Gasteiger partial charge in [-0.3, -0.25) is 10.2 Å². The molecule has 0 bridgehead atoms. The van der Waals surface area contributed by atoms with Gasteiger partial charge in [0, 0.05) is 12.0 Å². The van der Waals surface area contributed by atoms with E-state index in [2.05, 4.69) is 23.1 Å². The van der Waals surface area contributed by atoms with E-state index >= 15 is 0 Å². The maximum Gasteiger partial charge on any atom is 0.256 e. The molecular weight excluding hydrogens is 358 g/mol. The van der Waals surface area contributed by atoms with Crippen LogP contribution in [0.15, 0.2) is 42.5 Å². The average Bonchev–Trinajstić information content (AvgIpc) is 3.08. The van der Waals surface area contributed by atoms with E-state index in [1.54, 1.807) is 26.4 Å². The number of hydrazine groups is 1. The highest BCUT2D eigenvalue weighted by atomic mass is 16.5. The van der Waals surface area contributed by atoms with E-state index in [1.807, 2.05) is 37.3 Å². The van der Waals surface area contributed by atoms with Crippen LogP contribution in [0.2, 0.25) is 0 Å². The second-order valence-corrected chi connectivity index (χ2v) is 6.60. The average molecular weight is 385 g/mol. The van der Waals surface area contributed by atoms with E-state index < -0.39 is 0 Å². The van der Waals surface area contributed by atoms with Crippen LogP contribution >= 0.6 is 0 Å². The van der Waals surface area contributed by atoms with Gasteiger partial charge < -0.3 is 19.5 Å². The van der Waals surface area contributed by atoms with Crippen molar-refractivity contribution < 1.29 is 19.0 Å². The lowest BCUT2D eigenvalue weighted by Crippen LogP contribution is -2.46. The van der Waals surface area contributed by atoms with Crippen molar-refractivity contribution in [2.24, 2.45) is 0 Å². The van der Waals surface area contributed by atoms with Crippen LogP contribution in [-0.4, -0.2) is 38.9 Å². The number of ether oxygens (including phenoxy) is 3. The number of rotatable bonds is 7. The molecule has 1 aliphatic heterocycles. The molecule has 3 N–H and O–H groups in total. The lowest BCUT2D eigenvalue weighted by atomic mass is 9.91. The summed E-state index contributed by atoms with van der Waals surface area (Å²) in [6, 6.07) is 13.2. The summed E-state index contributed by atoms with van der Waals surface area (Å²) in [6.07, 6.45) is -0.296. The van der Waals surface area contributed by atoms with Crippen molar-refractivity contribution in [2.75, 3.05) is 20.8 Å². The molecule has 1 aliphatic rings. The Kier molecular flexibility index (Phi) is 6.38. The summed E-state index contributed by atoms with van der Waals surface area (Å²) in [4.78, 5) is 12.9. The fraction of sp³-hybridized carbons (Fsp3) is 0.381. The summed E-state index contributed by atoms with van der Waals surface area (Å²) >= 11 is 0. The van der Waals surface area contributed by atoms with E-state index in [1.165, 1.54) is 0 Å². The van der Waals surface area contributed by atoms with Crippen LogP contribution in [0.4, 0.5) is 0 Å². The second kappa shape index (κ2) is 8.95. The number of para-hydroxylation sites is 1.